The fourth-order valence-electron chi connectivity index (χ4n) is 9.20. The highest BCUT2D eigenvalue weighted by molar-refractivity contribution is 5.66. The van der Waals surface area contributed by atoms with E-state index in [0.717, 1.165) is 37.2 Å². The van der Waals surface area contributed by atoms with Crippen LogP contribution < -0.4 is 0 Å². The molecule has 2 saturated carbocycles. The molecule has 7 atom stereocenters. The van der Waals surface area contributed by atoms with E-state index in [1.54, 1.807) is 18.1 Å². The highest BCUT2D eigenvalue weighted by atomic mass is 16.5. The Balaban J connectivity index is 1.61. The van der Waals surface area contributed by atoms with E-state index < -0.39 is 0 Å². The van der Waals surface area contributed by atoms with Crippen LogP contribution in [0.5, 0.6) is 0 Å². The van der Waals surface area contributed by atoms with Crippen LogP contribution in [0.3, 0.4) is 0 Å². The van der Waals surface area contributed by atoms with Crippen LogP contribution in [0.15, 0.2) is 34.9 Å². The molecule has 2 fully saturated rings. The van der Waals surface area contributed by atoms with Gasteiger partial charge in [-0.25, -0.2) is 0 Å². The minimum atomic E-state index is -0.146. The second-order valence-corrected chi connectivity index (χ2v) is 13.8. The number of aliphatic hydroxyl groups is 1. The summed E-state index contributed by atoms with van der Waals surface area (Å²) in [6.45, 7) is 18.6. The Hall–Kier alpha value is -1.35. The molecule has 3 heteroatoms. The molecule has 0 aliphatic heterocycles. The number of hydrogen-bond acceptors (Lipinski definition) is 3. The normalized spacial score (nSPS) is 41.2. The lowest BCUT2D eigenvalue weighted by atomic mass is 9.44. The molecule has 0 aromatic heterocycles. The summed E-state index contributed by atoms with van der Waals surface area (Å²) in [5, 5.41) is 9.34. The molecule has 0 spiro atoms. The lowest BCUT2D eigenvalue weighted by Gasteiger charge is -2.61. The Morgan fingerprint density at radius 3 is 2.49 bits per heavy atom. The Kier molecular flexibility index (Phi) is 7.01. The summed E-state index contributed by atoms with van der Waals surface area (Å²) in [4.78, 5) is 11.8. The topological polar surface area (TPSA) is 46.5 Å². The van der Waals surface area contributed by atoms with Gasteiger partial charge in [-0.15, -0.1) is 0 Å². The molecule has 3 nitrogen and oxygen atoms in total. The highest BCUT2D eigenvalue weighted by Gasteiger charge is 2.63. The Bertz CT molecular complexity index is 938. The Morgan fingerprint density at radius 1 is 1.11 bits per heavy atom. The van der Waals surface area contributed by atoms with Crippen LogP contribution in [0.25, 0.3) is 0 Å². The molecule has 0 bridgehead atoms. The SMILES string of the molecule is CC(=O)O[C@H]1CC[C@]2(C)C3=CC[C@]4(C)[C@@H]([C@H](C)CC/C=C(\C)CO)CC[C@@]4(C)C3=CC[C@H]2C1(C)C. The van der Waals surface area contributed by atoms with Crippen LogP contribution >= 0.6 is 0 Å². The lowest BCUT2D eigenvalue weighted by Crippen LogP contribution is -2.55. The zero-order valence-electron chi connectivity index (χ0n) is 23.7. The molecule has 0 aromatic carbocycles. The van der Waals surface area contributed by atoms with Crippen molar-refractivity contribution in [1.29, 1.82) is 0 Å². The van der Waals surface area contributed by atoms with E-state index in [-0.39, 0.29) is 34.9 Å². The van der Waals surface area contributed by atoms with Crippen LogP contribution in [-0.2, 0) is 9.53 Å². The average Bonchev–Trinajstić information content (AvgIpc) is 3.07. The molecule has 4 aliphatic rings. The largest absolute Gasteiger partial charge is 0.462 e. The molecule has 0 saturated heterocycles. The van der Waals surface area contributed by atoms with Gasteiger partial charge in [0.2, 0.25) is 0 Å². The Morgan fingerprint density at radius 2 is 1.83 bits per heavy atom. The second kappa shape index (κ2) is 9.19. The van der Waals surface area contributed by atoms with Gasteiger partial charge in [0, 0.05) is 12.3 Å². The lowest BCUT2D eigenvalue weighted by molar-refractivity contribution is -0.165. The van der Waals surface area contributed by atoms with E-state index in [9.17, 15) is 9.90 Å². The minimum absolute atomic E-state index is 0.0123. The van der Waals surface area contributed by atoms with Gasteiger partial charge in [0.15, 0.2) is 0 Å². The van der Waals surface area contributed by atoms with Crippen LogP contribution in [0.4, 0.5) is 0 Å². The van der Waals surface area contributed by atoms with Gasteiger partial charge in [-0.3, -0.25) is 4.79 Å². The van der Waals surface area contributed by atoms with Gasteiger partial charge >= 0.3 is 5.97 Å². The number of esters is 1. The van der Waals surface area contributed by atoms with Gasteiger partial charge < -0.3 is 9.84 Å². The first-order valence-electron chi connectivity index (χ1n) is 14.2. The molecule has 0 heterocycles. The van der Waals surface area contributed by atoms with Crippen molar-refractivity contribution in [2.24, 2.45) is 39.4 Å². The van der Waals surface area contributed by atoms with Crippen LogP contribution in [-0.4, -0.2) is 23.8 Å². The van der Waals surface area contributed by atoms with Crippen LogP contribution in [0.1, 0.15) is 107 Å². The van der Waals surface area contributed by atoms with E-state index in [4.69, 9.17) is 4.74 Å². The van der Waals surface area contributed by atoms with Gasteiger partial charge in [-0.1, -0.05) is 65.3 Å². The molecular formula is C32H50O3. The van der Waals surface area contributed by atoms with Gasteiger partial charge in [0.25, 0.3) is 0 Å². The Labute approximate surface area is 214 Å². The number of aliphatic hydroxyl groups excluding tert-OH is 1. The molecule has 0 radical (unpaired) electrons. The summed E-state index contributed by atoms with van der Waals surface area (Å²) in [6.07, 6.45) is 16.7. The average molecular weight is 483 g/mol. The number of allylic oxidation sites excluding steroid dienone is 5. The van der Waals surface area contributed by atoms with E-state index >= 15 is 0 Å². The van der Waals surface area contributed by atoms with Crippen molar-refractivity contribution in [3.8, 4) is 0 Å². The summed E-state index contributed by atoms with van der Waals surface area (Å²) in [7, 11) is 0. The maximum Gasteiger partial charge on any atom is 0.302 e. The van der Waals surface area contributed by atoms with Crippen LogP contribution in [0.2, 0.25) is 0 Å². The van der Waals surface area contributed by atoms with Crippen molar-refractivity contribution in [2.45, 2.75) is 113 Å². The van der Waals surface area contributed by atoms with Crippen molar-refractivity contribution < 1.29 is 14.6 Å². The van der Waals surface area contributed by atoms with Crippen molar-refractivity contribution >= 4 is 5.97 Å². The molecule has 0 aromatic rings. The van der Waals surface area contributed by atoms with Gasteiger partial charge in [0.05, 0.1) is 6.61 Å². The minimum Gasteiger partial charge on any atom is -0.462 e. The number of carbonyl (C=O) groups is 1. The second-order valence-electron chi connectivity index (χ2n) is 13.8. The quantitative estimate of drug-likeness (QED) is 0.310. The molecule has 0 unspecified atom stereocenters. The van der Waals surface area contributed by atoms with E-state index in [1.165, 1.54) is 25.7 Å². The first-order chi connectivity index (χ1) is 16.3. The number of carbonyl (C=O) groups excluding carboxylic acids is 1. The molecule has 1 N–H and O–H groups in total. The number of ether oxygens (including phenoxy) is 1. The molecule has 0 amide bonds. The fourth-order valence-corrected chi connectivity index (χ4v) is 9.20. The first-order valence-corrected chi connectivity index (χ1v) is 14.2. The van der Waals surface area contributed by atoms with E-state index in [1.807, 2.05) is 6.92 Å². The maximum atomic E-state index is 11.8. The first kappa shape index (κ1) is 26.7. The molecule has 35 heavy (non-hydrogen) atoms. The molecular weight excluding hydrogens is 432 g/mol. The van der Waals surface area contributed by atoms with Gasteiger partial charge in [-0.05, 0) is 103 Å². The molecule has 4 aliphatic carbocycles. The zero-order chi connectivity index (χ0) is 25.8. The van der Waals surface area contributed by atoms with Gasteiger partial charge in [0.1, 0.15) is 6.10 Å². The zero-order valence-corrected chi connectivity index (χ0v) is 23.7. The van der Waals surface area contributed by atoms with E-state index in [0.29, 0.717) is 17.3 Å². The fraction of sp³-hybridized carbons (Fsp3) is 0.781. The summed E-state index contributed by atoms with van der Waals surface area (Å²) in [5.41, 5.74) is 5.02. The van der Waals surface area contributed by atoms with E-state index in [2.05, 4.69) is 59.8 Å². The third-order valence-electron chi connectivity index (χ3n) is 11.6. The number of hydrogen-bond donors (Lipinski definition) is 1. The predicted octanol–water partition coefficient (Wildman–Crippen LogP) is 7.80. The summed E-state index contributed by atoms with van der Waals surface area (Å²) >= 11 is 0. The van der Waals surface area contributed by atoms with Gasteiger partial charge in [-0.2, -0.15) is 0 Å². The molecule has 4 rings (SSSR count). The third-order valence-corrected chi connectivity index (χ3v) is 11.6. The number of rotatable bonds is 6. The van der Waals surface area contributed by atoms with Crippen molar-refractivity contribution in [1.82, 2.24) is 0 Å². The monoisotopic (exact) mass is 482 g/mol. The predicted molar refractivity (Wildman–Crippen MR) is 144 cm³/mol. The summed E-state index contributed by atoms with van der Waals surface area (Å²) in [5.74, 6) is 1.77. The third kappa shape index (κ3) is 4.09. The standard InChI is InChI=1S/C32H50O3/c1-21(20-33)10-9-11-22(2)24-14-18-32(8)26-12-13-27-29(4,5)28(35-23(3)34)16-17-30(27,6)25(26)15-19-31(24,32)7/h10,12,15,22,24,27-28,33H,9,11,13-14,16-20H2,1-8H3/b21-10+/t22-,24-,27+,28+,30-,31-,32+/m1/s1. The maximum absolute atomic E-state index is 11.8. The molecule has 196 valence electrons. The van der Waals surface area contributed by atoms with Crippen LogP contribution in [0, 0.1) is 39.4 Å². The van der Waals surface area contributed by atoms with Crippen molar-refractivity contribution in [3.63, 3.8) is 0 Å². The highest BCUT2D eigenvalue weighted by Crippen LogP contribution is 2.71. The number of fused-ring (bicyclic) bond motifs is 5. The summed E-state index contributed by atoms with van der Waals surface area (Å²) in [6, 6.07) is 0. The summed E-state index contributed by atoms with van der Waals surface area (Å²) < 4.78 is 5.84. The van der Waals surface area contributed by atoms with Crippen molar-refractivity contribution in [2.75, 3.05) is 6.61 Å². The smallest absolute Gasteiger partial charge is 0.302 e. The van der Waals surface area contributed by atoms with Crippen molar-refractivity contribution in [3.05, 3.63) is 34.9 Å².